The van der Waals surface area contributed by atoms with Gasteiger partial charge in [0.15, 0.2) is 0 Å². The number of rotatable bonds is 2. The summed E-state index contributed by atoms with van der Waals surface area (Å²) < 4.78 is 0. The van der Waals surface area contributed by atoms with E-state index in [-0.39, 0.29) is 32.9 Å². The van der Waals surface area contributed by atoms with Crippen molar-refractivity contribution in [3.8, 4) is 45.0 Å². The maximum atomic E-state index is 5.85. The molecular weight excluding hydrogens is 948 g/mol. The molecule has 0 atom stereocenters. The molecule has 13 rings (SSSR count). The third kappa shape index (κ3) is 5.71. The largest absolute Gasteiger partial charge is 2.00 e. The van der Waals surface area contributed by atoms with E-state index in [1.54, 1.807) is 0 Å². The number of nitrogens with zero attached hydrogens (tertiary/aromatic N) is 4. The summed E-state index contributed by atoms with van der Waals surface area (Å²) in [5, 5.41) is 14.0. The Bertz CT molecular complexity index is 3690. The Hall–Kier alpha value is -6.87. The fourth-order valence-electron chi connectivity index (χ4n) is 10.4. The summed E-state index contributed by atoms with van der Waals surface area (Å²) in [5.74, 6) is 0.208. The number of benzene rings is 8. The van der Waals surface area contributed by atoms with Crippen LogP contribution in [0.2, 0.25) is 0 Å². The molecule has 2 aliphatic heterocycles. The predicted octanol–water partition coefficient (Wildman–Crippen LogP) is 15.4. The van der Waals surface area contributed by atoms with E-state index in [1.165, 1.54) is 43.1 Å². The van der Waals surface area contributed by atoms with Crippen LogP contribution in [0.15, 0.2) is 158 Å². The van der Waals surface area contributed by atoms with Gasteiger partial charge < -0.3 is 9.97 Å². The third-order valence-electron chi connectivity index (χ3n) is 13.3. The summed E-state index contributed by atoms with van der Waals surface area (Å²) >= 11 is 0. The molecule has 0 unspecified atom stereocenters. The molecule has 63 heavy (non-hydrogen) atoms. The van der Waals surface area contributed by atoms with Gasteiger partial charge in [0.2, 0.25) is 0 Å². The standard InChI is InChI=1S/C58H40N4.Pt/c1-31(2)53-55-45-25-37-17-9-7-15-35(37)23-43(45)51(60-55)29-49-41-21-33-13-5-6-14-34(33)22-42(41)50(59-49)30-52-44-24-36-16-8-10-18-38(36)26-46(44)56(61-52)54(32(3)4)58-48-28-40-20-12-11-19-39(40)27-47(48)57(53)62-58;/h5-32H,1-4H3;/q-2;+2. The van der Waals surface area contributed by atoms with Gasteiger partial charge in [-0.1, -0.05) is 125 Å². The topological polar surface area (TPSA) is 54.0 Å². The van der Waals surface area contributed by atoms with Crippen LogP contribution in [0.5, 0.6) is 0 Å². The first-order chi connectivity index (χ1) is 30.3. The van der Waals surface area contributed by atoms with Crippen molar-refractivity contribution in [2.45, 2.75) is 39.5 Å². The molecule has 4 nitrogen and oxygen atoms in total. The maximum Gasteiger partial charge on any atom is 2.00 e. The Labute approximate surface area is 379 Å². The van der Waals surface area contributed by atoms with E-state index in [0.29, 0.717) is 0 Å². The molecule has 0 saturated carbocycles. The summed E-state index contributed by atoms with van der Waals surface area (Å²) in [7, 11) is 0. The Balaban J connectivity index is 0.00000421. The van der Waals surface area contributed by atoms with Crippen LogP contribution in [0.4, 0.5) is 0 Å². The number of aromatic nitrogens is 4. The monoisotopic (exact) mass is 987 g/mol. The van der Waals surface area contributed by atoms with Crippen LogP contribution in [-0.4, -0.2) is 9.97 Å². The summed E-state index contributed by atoms with van der Waals surface area (Å²) in [6.45, 7) is 9.15. The zero-order chi connectivity index (χ0) is 41.4. The molecule has 8 bridgehead atoms. The predicted molar refractivity (Wildman–Crippen MR) is 261 cm³/mol. The number of hydrogen-bond acceptors (Lipinski definition) is 2. The van der Waals surface area contributed by atoms with Crippen LogP contribution in [0.25, 0.3) is 132 Å². The molecule has 0 fully saturated rings. The average molecular weight is 988 g/mol. The fraction of sp³-hybridized carbons (Fsp3) is 0.103. The first kappa shape index (κ1) is 37.9. The molecule has 5 heterocycles. The van der Waals surface area contributed by atoms with Crippen LogP contribution in [0, 0.1) is 0 Å². The van der Waals surface area contributed by atoms with Crippen LogP contribution < -0.4 is 9.97 Å². The summed E-state index contributed by atoms with van der Waals surface area (Å²) in [6.07, 6.45) is 0. The molecule has 302 valence electrons. The average Bonchev–Trinajstić information content (AvgIpc) is 4.01. The second kappa shape index (κ2) is 14.1. The van der Waals surface area contributed by atoms with Gasteiger partial charge in [-0.25, -0.2) is 9.97 Å². The molecule has 11 aromatic rings. The zero-order valence-electron chi connectivity index (χ0n) is 35.3. The molecule has 0 radical (unpaired) electrons. The van der Waals surface area contributed by atoms with E-state index >= 15 is 0 Å². The molecule has 8 aromatic carbocycles. The van der Waals surface area contributed by atoms with Crippen LogP contribution in [0.1, 0.15) is 50.7 Å². The quantitative estimate of drug-likeness (QED) is 0.173. The first-order valence-corrected chi connectivity index (χ1v) is 21.8. The van der Waals surface area contributed by atoms with Gasteiger partial charge in [-0.15, -0.1) is 22.1 Å². The molecule has 0 saturated heterocycles. The van der Waals surface area contributed by atoms with E-state index in [4.69, 9.17) is 19.9 Å². The first-order valence-electron chi connectivity index (χ1n) is 21.8. The van der Waals surface area contributed by atoms with Crippen molar-refractivity contribution in [1.82, 2.24) is 19.9 Å². The van der Waals surface area contributed by atoms with E-state index in [1.807, 2.05) is 0 Å². The van der Waals surface area contributed by atoms with E-state index in [0.717, 1.165) is 99.8 Å². The van der Waals surface area contributed by atoms with Crippen LogP contribution in [0.3, 0.4) is 0 Å². The van der Waals surface area contributed by atoms with E-state index < -0.39 is 0 Å². The number of hydrogen-bond donors (Lipinski definition) is 0. The van der Waals surface area contributed by atoms with Crippen molar-refractivity contribution in [3.05, 3.63) is 169 Å². The smallest absolute Gasteiger partial charge is 0.656 e. The summed E-state index contributed by atoms with van der Waals surface area (Å²) in [5.41, 5.74) is 14.3. The van der Waals surface area contributed by atoms with Gasteiger partial charge >= 0.3 is 21.1 Å². The fourth-order valence-corrected chi connectivity index (χ4v) is 10.4. The minimum atomic E-state index is 0. The summed E-state index contributed by atoms with van der Waals surface area (Å²) in [4.78, 5) is 22.8. The molecule has 5 heteroatoms. The summed E-state index contributed by atoms with van der Waals surface area (Å²) in [6, 6.07) is 57.6. The van der Waals surface area contributed by atoms with E-state index in [9.17, 15) is 0 Å². The molecule has 0 aliphatic carbocycles. The van der Waals surface area contributed by atoms with Crippen LogP contribution in [-0.2, 0) is 21.1 Å². The van der Waals surface area contributed by atoms with Crippen molar-refractivity contribution in [2.75, 3.05) is 0 Å². The SMILES string of the molecule is CC(C)c1c2nc(c(C(C)C)c3[n-]c(cc4nc(cc5[n-]c1c1cc6ccccc6cc51)-c1cc5ccccc5cc1-4)c1cc4ccccc4cc31)-c1cc3ccccc3cc1-2.[Pt+2]. The molecule has 0 N–H and O–H groups in total. The second-order valence-electron chi connectivity index (χ2n) is 17.8. The van der Waals surface area contributed by atoms with Gasteiger partial charge in [0.25, 0.3) is 0 Å². The maximum absolute atomic E-state index is 5.85. The van der Waals surface area contributed by atoms with Crippen molar-refractivity contribution in [1.29, 1.82) is 0 Å². The van der Waals surface area contributed by atoms with Crippen molar-refractivity contribution >= 4 is 86.7 Å². The molecular formula is C58H40N4Pt. The molecule has 0 spiro atoms. The van der Waals surface area contributed by atoms with Gasteiger partial charge in [-0.05, 0) is 148 Å². The van der Waals surface area contributed by atoms with Gasteiger partial charge in [0, 0.05) is 22.3 Å². The molecule has 0 amide bonds. The molecule has 2 aliphatic rings. The van der Waals surface area contributed by atoms with E-state index in [2.05, 4.69) is 185 Å². The van der Waals surface area contributed by atoms with Gasteiger partial charge in [-0.2, -0.15) is 0 Å². The van der Waals surface area contributed by atoms with Crippen molar-refractivity contribution in [3.63, 3.8) is 0 Å². The van der Waals surface area contributed by atoms with Crippen molar-refractivity contribution < 1.29 is 21.1 Å². The normalized spacial score (nSPS) is 12.3. The van der Waals surface area contributed by atoms with Gasteiger partial charge in [0.05, 0.1) is 22.8 Å². The number of fused-ring (bicyclic) bond motifs is 24. The minimum absolute atomic E-state index is 0. The van der Waals surface area contributed by atoms with Crippen LogP contribution >= 0.6 is 0 Å². The Morgan fingerprint density at radius 3 is 0.984 bits per heavy atom. The van der Waals surface area contributed by atoms with Gasteiger partial charge in [-0.3, -0.25) is 0 Å². The Morgan fingerprint density at radius 1 is 0.349 bits per heavy atom. The minimum Gasteiger partial charge on any atom is -0.656 e. The van der Waals surface area contributed by atoms with Crippen molar-refractivity contribution in [2.24, 2.45) is 0 Å². The third-order valence-corrected chi connectivity index (χ3v) is 13.3. The van der Waals surface area contributed by atoms with Gasteiger partial charge in [0.1, 0.15) is 0 Å². The zero-order valence-corrected chi connectivity index (χ0v) is 37.5. The Morgan fingerprint density at radius 2 is 0.651 bits per heavy atom. The second-order valence-corrected chi connectivity index (χ2v) is 17.8. The Kier molecular flexibility index (Phi) is 8.46. The molecule has 3 aromatic heterocycles.